The number of aryl methyl sites for hydroxylation is 1. The molecule has 0 spiro atoms. The summed E-state index contributed by atoms with van der Waals surface area (Å²) >= 11 is 0. The highest BCUT2D eigenvalue weighted by Crippen LogP contribution is 2.42. The molecular weight excluding hydrogens is 340 g/mol. The Bertz CT molecular complexity index is 1160. The van der Waals surface area contributed by atoms with E-state index in [1.807, 2.05) is 30.3 Å². The molecule has 2 aliphatic rings. The van der Waals surface area contributed by atoms with Crippen LogP contribution in [0.5, 0.6) is 11.5 Å². The summed E-state index contributed by atoms with van der Waals surface area (Å²) in [4.78, 5) is 11.9. The van der Waals surface area contributed by atoms with E-state index < -0.39 is 0 Å². The second kappa shape index (κ2) is 6.80. The van der Waals surface area contributed by atoms with Crippen LogP contribution in [-0.2, 0) is 6.42 Å². The van der Waals surface area contributed by atoms with Gasteiger partial charge in [0.15, 0.2) is 5.43 Å². The van der Waals surface area contributed by atoms with Gasteiger partial charge < -0.3 is 13.9 Å². The smallest absolute Gasteiger partial charge is 0.182 e. The SMILES string of the molecule is CCc1cc(OC)ccc1-c1c2ccc(=O)cc-2oc2cc(OC)ccc12. The zero-order valence-electron chi connectivity index (χ0n) is 15.5. The van der Waals surface area contributed by atoms with E-state index in [-0.39, 0.29) is 5.43 Å². The van der Waals surface area contributed by atoms with Gasteiger partial charge in [0.1, 0.15) is 22.8 Å². The Hall–Kier alpha value is -3.27. The molecule has 4 nitrogen and oxygen atoms in total. The van der Waals surface area contributed by atoms with Crippen LogP contribution in [-0.4, -0.2) is 14.2 Å². The number of methoxy groups -OCH3 is 2. The average Bonchev–Trinajstić information content (AvgIpc) is 2.71. The molecular formula is C23H20O4. The first-order valence-electron chi connectivity index (χ1n) is 8.86. The van der Waals surface area contributed by atoms with Crippen LogP contribution >= 0.6 is 0 Å². The minimum Gasteiger partial charge on any atom is -0.497 e. The number of benzene rings is 3. The summed E-state index contributed by atoms with van der Waals surface area (Å²) < 4.78 is 16.8. The molecule has 0 aromatic heterocycles. The van der Waals surface area contributed by atoms with Gasteiger partial charge in [-0.1, -0.05) is 13.0 Å². The van der Waals surface area contributed by atoms with Crippen molar-refractivity contribution >= 4 is 11.0 Å². The maximum atomic E-state index is 11.9. The van der Waals surface area contributed by atoms with Crippen molar-refractivity contribution in [1.29, 1.82) is 0 Å². The van der Waals surface area contributed by atoms with Crippen molar-refractivity contribution in [2.75, 3.05) is 14.2 Å². The standard InChI is InChI=1S/C23H20O4/c1-4-14-11-16(25-2)6-9-18(14)23-19-8-5-15(24)12-21(19)27-22-13-17(26-3)7-10-20(22)23/h5-13H,4H2,1-3H3. The Morgan fingerprint density at radius 3 is 2.30 bits per heavy atom. The first-order chi connectivity index (χ1) is 13.1. The molecule has 4 rings (SSSR count). The van der Waals surface area contributed by atoms with Gasteiger partial charge in [0.05, 0.1) is 14.2 Å². The highest BCUT2D eigenvalue weighted by Gasteiger charge is 2.19. The summed E-state index contributed by atoms with van der Waals surface area (Å²) in [6.07, 6.45) is 0.858. The minimum absolute atomic E-state index is 0.0788. The van der Waals surface area contributed by atoms with Crippen molar-refractivity contribution in [3.05, 3.63) is 70.4 Å². The summed E-state index contributed by atoms with van der Waals surface area (Å²) in [7, 11) is 3.29. The lowest BCUT2D eigenvalue weighted by atomic mass is 9.90. The molecule has 2 aromatic rings. The molecule has 0 saturated carbocycles. The number of fused-ring (bicyclic) bond motifs is 2. The van der Waals surface area contributed by atoms with Crippen molar-refractivity contribution in [3.63, 3.8) is 0 Å². The Morgan fingerprint density at radius 1 is 0.852 bits per heavy atom. The number of hydrogen-bond acceptors (Lipinski definition) is 4. The van der Waals surface area contributed by atoms with Gasteiger partial charge in [-0.25, -0.2) is 0 Å². The summed E-state index contributed by atoms with van der Waals surface area (Å²) in [5, 5.41) is 0.974. The predicted molar refractivity (Wildman–Crippen MR) is 107 cm³/mol. The molecule has 0 radical (unpaired) electrons. The average molecular weight is 360 g/mol. The summed E-state index contributed by atoms with van der Waals surface area (Å²) in [6.45, 7) is 2.12. The van der Waals surface area contributed by atoms with Gasteiger partial charge in [-0.15, -0.1) is 0 Å². The van der Waals surface area contributed by atoms with Crippen LogP contribution in [0.15, 0.2) is 63.8 Å². The molecule has 1 aliphatic heterocycles. The zero-order valence-corrected chi connectivity index (χ0v) is 15.5. The highest BCUT2D eigenvalue weighted by molar-refractivity contribution is 6.02. The maximum Gasteiger partial charge on any atom is 0.182 e. The molecule has 1 aliphatic carbocycles. The predicted octanol–water partition coefficient (Wildman–Crippen LogP) is 5.14. The summed E-state index contributed by atoms with van der Waals surface area (Å²) in [5.41, 5.74) is 4.84. The summed E-state index contributed by atoms with van der Waals surface area (Å²) in [6, 6.07) is 16.8. The van der Waals surface area contributed by atoms with E-state index in [1.54, 1.807) is 20.3 Å². The molecule has 27 heavy (non-hydrogen) atoms. The first-order valence-corrected chi connectivity index (χ1v) is 8.86. The highest BCUT2D eigenvalue weighted by atomic mass is 16.5. The van der Waals surface area contributed by atoms with Crippen LogP contribution in [0.25, 0.3) is 33.4 Å². The molecule has 0 unspecified atom stereocenters. The molecule has 0 N–H and O–H groups in total. The molecule has 2 aromatic carbocycles. The van der Waals surface area contributed by atoms with Gasteiger partial charge in [-0.05, 0) is 53.9 Å². The quantitative estimate of drug-likeness (QED) is 0.473. The van der Waals surface area contributed by atoms with E-state index in [0.717, 1.165) is 34.2 Å². The first kappa shape index (κ1) is 17.2. The third-order valence-corrected chi connectivity index (χ3v) is 4.86. The number of rotatable bonds is 4. The van der Waals surface area contributed by atoms with E-state index in [9.17, 15) is 4.79 Å². The van der Waals surface area contributed by atoms with E-state index in [2.05, 4.69) is 19.1 Å². The minimum atomic E-state index is -0.0788. The second-order valence-corrected chi connectivity index (χ2v) is 6.37. The Morgan fingerprint density at radius 2 is 1.56 bits per heavy atom. The van der Waals surface area contributed by atoms with Crippen molar-refractivity contribution in [3.8, 4) is 33.9 Å². The number of ether oxygens (including phenoxy) is 2. The third-order valence-electron chi connectivity index (χ3n) is 4.86. The summed E-state index contributed by atoms with van der Waals surface area (Å²) in [5.74, 6) is 2.10. The second-order valence-electron chi connectivity index (χ2n) is 6.37. The lowest BCUT2D eigenvalue weighted by molar-refractivity contribution is 0.414. The van der Waals surface area contributed by atoms with Crippen LogP contribution in [0, 0.1) is 0 Å². The van der Waals surface area contributed by atoms with Crippen LogP contribution in [0.4, 0.5) is 0 Å². The monoisotopic (exact) mass is 360 g/mol. The van der Waals surface area contributed by atoms with Gasteiger partial charge in [0.25, 0.3) is 0 Å². The molecule has 0 fully saturated rings. The Kier molecular flexibility index (Phi) is 4.32. The van der Waals surface area contributed by atoms with Crippen molar-refractivity contribution in [2.45, 2.75) is 13.3 Å². The normalized spacial score (nSPS) is 11.1. The fourth-order valence-corrected chi connectivity index (χ4v) is 3.50. The topological polar surface area (TPSA) is 48.7 Å². The Labute approximate surface area is 157 Å². The van der Waals surface area contributed by atoms with Crippen molar-refractivity contribution in [2.24, 2.45) is 0 Å². The lowest BCUT2D eigenvalue weighted by Crippen LogP contribution is -2.01. The van der Waals surface area contributed by atoms with Crippen molar-refractivity contribution in [1.82, 2.24) is 0 Å². The van der Waals surface area contributed by atoms with Gasteiger partial charge >= 0.3 is 0 Å². The van der Waals surface area contributed by atoms with Gasteiger partial charge in [0.2, 0.25) is 0 Å². The van der Waals surface area contributed by atoms with Crippen molar-refractivity contribution < 1.29 is 13.9 Å². The van der Waals surface area contributed by atoms with E-state index in [4.69, 9.17) is 13.9 Å². The molecule has 0 saturated heterocycles. The fourth-order valence-electron chi connectivity index (χ4n) is 3.50. The third kappa shape index (κ3) is 2.93. The lowest BCUT2D eigenvalue weighted by Gasteiger charge is -2.18. The van der Waals surface area contributed by atoms with Crippen LogP contribution < -0.4 is 14.9 Å². The van der Waals surface area contributed by atoms with Crippen LogP contribution in [0.3, 0.4) is 0 Å². The Balaban J connectivity index is 2.13. The largest absolute Gasteiger partial charge is 0.497 e. The molecule has 0 atom stereocenters. The zero-order chi connectivity index (χ0) is 19.0. The maximum absolute atomic E-state index is 11.9. The number of hydrogen-bond donors (Lipinski definition) is 0. The van der Waals surface area contributed by atoms with E-state index in [1.165, 1.54) is 11.6 Å². The fraction of sp³-hybridized carbons (Fsp3) is 0.174. The molecule has 0 amide bonds. The molecule has 4 heteroatoms. The van der Waals surface area contributed by atoms with E-state index in [0.29, 0.717) is 17.1 Å². The van der Waals surface area contributed by atoms with E-state index >= 15 is 0 Å². The van der Waals surface area contributed by atoms with Crippen LogP contribution in [0.2, 0.25) is 0 Å². The molecule has 0 bridgehead atoms. The van der Waals surface area contributed by atoms with Gasteiger partial charge in [-0.2, -0.15) is 0 Å². The molecule has 136 valence electrons. The van der Waals surface area contributed by atoms with Gasteiger partial charge in [0, 0.05) is 28.6 Å². The van der Waals surface area contributed by atoms with Gasteiger partial charge in [-0.3, -0.25) is 4.79 Å². The molecule has 1 heterocycles. The van der Waals surface area contributed by atoms with Crippen LogP contribution in [0.1, 0.15) is 12.5 Å².